The molecule has 0 radical (unpaired) electrons. The number of anilines is 1. The summed E-state index contributed by atoms with van der Waals surface area (Å²) in [6.07, 6.45) is 1.65. The van der Waals surface area contributed by atoms with Crippen LogP contribution in [0, 0.1) is 10.1 Å². The standard InChI is InChI=1S/C21H20N2O6/c24-18(15-4-7-19-20(12-15)29-11-10-28-19)6-8-21(25)22-9-1-2-14-3-5-16(23(26)27)13-17(14)22/h3-5,7,12-13H,1-2,6,8-11H2. The van der Waals surface area contributed by atoms with Gasteiger partial charge in [-0.05, 0) is 36.6 Å². The lowest BCUT2D eigenvalue weighted by Crippen LogP contribution is -2.35. The highest BCUT2D eigenvalue weighted by molar-refractivity contribution is 6.01. The van der Waals surface area contributed by atoms with E-state index in [-0.39, 0.29) is 30.2 Å². The van der Waals surface area contributed by atoms with Gasteiger partial charge in [0.05, 0.1) is 10.6 Å². The van der Waals surface area contributed by atoms with Crippen molar-refractivity contribution >= 4 is 23.1 Å². The molecular weight excluding hydrogens is 376 g/mol. The van der Waals surface area contributed by atoms with E-state index < -0.39 is 4.92 Å². The smallest absolute Gasteiger partial charge is 0.271 e. The Labute approximate surface area is 167 Å². The Hall–Kier alpha value is -3.42. The number of non-ortho nitro benzene ring substituents is 1. The molecule has 0 spiro atoms. The van der Waals surface area contributed by atoms with Crippen LogP contribution in [-0.4, -0.2) is 36.4 Å². The maximum Gasteiger partial charge on any atom is 0.271 e. The fourth-order valence-corrected chi connectivity index (χ4v) is 3.65. The van der Waals surface area contributed by atoms with E-state index in [0.29, 0.717) is 42.5 Å². The summed E-state index contributed by atoms with van der Waals surface area (Å²) in [5.41, 5.74) is 1.91. The molecule has 0 N–H and O–H groups in total. The first-order chi connectivity index (χ1) is 14.0. The minimum Gasteiger partial charge on any atom is -0.486 e. The van der Waals surface area contributed by atoms with Crippen molar-refractivity contribution in [1.29, 1.82) is 0 Å². The monoisotopic (exact) mass is 396 g/mol. The van der Waals surface area contributed by atoms with E-state index in [4.69, 9.17) is 9.47 Å². The second-order valence-electron chi connectivity index (χ2n) is 7.00. The van der Waals surface area contributed by atoms with Crippen LogP contribution in [0.5, 0.6) is 11.5 Å². The summed E-state index contributed by atoms with van der Waals surface area (Å²) < 4.78 is 10.9. The number of aryl methyl sites for hydroxylation is 1. The predicted molar refractivity (Wildman–Crippen MR) is 105 cm³/mol. The summed E-state index contributed by atoms with van der Waals surface area (Å²) >= 11 is 0. The lowest BCUT2D eigenvalue weighted by molar-refractivity contribution is -0.384. The highest BCUT2D eigenvalue weighted by Crippen LogP contribution is 2.33. The average Bonchev–Trinajstić information content (AvgIpc) is 2.76. The molecule has 2 aliphatic rings. The highest BCUT2D eigenvalue weighted by atomic mass is 16.6. The Balaban J connectivity index is 1.45. The number of nitro groups is 1. The Morgan fingerprint density at radius 1 is 1.03 bits per heavy atom. The minimum atomic E-state index is -0.469. The average molecular weight is 396 g/mol. The lowest BCUT2D eigenvalue weighted by atomic mass is 10.00. The van der Waals surface area contributed by atoms with Gasteiger partial charge < -0.3 is 14.4 Å². The second-order valence-corrected chi connectivity index (χ2v) is 7.00. The number of carbonyl (C=O) groups excluding carboxylic acids is 2. The number of rotatable bonds is 5. The van der Waals surface area contributed by atoms with Gasteiger partial charge in [0, 0.05) is 37.1 Å². The first kappa shape index (κ1) is 18.9. The fourth-order valence-electron chi connectivity index (χ4n) is 3.65. The molecule has 150 valence electrons. The lowest BCUT2D eigenvalue weighted by Gasteiger charge is -2.29. The predicted octanol–water partition coefficient (Wildman–Crippen LogP) is 3.31. The van der Waals surface area contributed by atoms with Crippen molar-refractivity contribution in [3.63, 3.8) is 0 Å². The molecule has 4 rings (SSSR count). The van der Waals surface area contributed by atoms with Crippen molar-refractivity contribution in [2.24, 2.45) is 0 Å². The number of ether oxygens (including phenoxy) is 2. The molecule has 0 saturated heterocycles. The van der Waals surface area contributed by atoms with E-state index in [2.05, 4.69) is 0 Å². The molecule has 2 heterocycles. The number of nitrogens with zero attached hydrogens (tertiary/aromatic N) is 2. The number of hydrogen-bond acceptors (Lipinski definition) is 6. The summed E-state index contributed by atoms with van der Waals surface area (Å²) in [6, 6.07) is 9.60. The van der Waals surface area contributed by atoms with Crippen LogP contribution in [0.25, 0.3) is 0 Å². The molecule has 1 amide bonds. The van der Waals surface area contributed by atoms with Crippen molar-refractivity contribution in [2.45, 2.75) is 25.7 Å². The maximum atomic E-state index is 12.8. The number of carbonyl (C=O) groups is 2. The van der Waals surface area contributed by atoms with Gasteiger partial charge in [-0.25, -0.2) is 0 Å². The third kappa shape index (κ3) is 3.91. The number of benzene rings is 2. The molecule has 0 aliphatic carbocycles. The molecular formula is C21H20N2O6. The van der Waals surface area contributed by atoms with Crippen LogP contribution >= 0.6 is 0 Å². The molecule has 0 aromatic heterocycles. The summed E-state index contributed by atoms with van der Waals surface area (Å²) in [7, 11) is 0. The van der Waals surface area contributed by atoms with Crippen LogP contribution in [0.2, 0.25) is 0 Å². The van der Waals surface area contributed by atoms with E-state index in [1.807, 2.05) is 0 Å². The van der Waals surface area contributed by atoms with E-state index in [1.165, 1.54) is 12.1 Å². The normalized spacial score (nSPS) is 14.8. The van der Waals surface area contributed by atoms with Crippen molar-refractivity contribution in [3.8, 4) is 11.5 Å². The Morgan fingerprint density at radius 2 is 1.83 bits per heavy atom. The van der Waals surface area contributed by atoms with Crippen molar-refractivity contribution in [2.75, 3.05) is 24.7 Å². The van der Waals surface area contributed by atoms with Crippen molar-refractivity contribution < 1.29 is 24.0 Å². The van der Waals surface area contributed by atoms with Gasteiger partial charge in [0.2, 0.25) is 5.91 Å². The van der Waals surface area contributed by atoms with Gasteiger partial charge in [-0.15, -0.1) is 0 Å². The first-order valence-corrected chi connectivity index (χ1v) is 9.53. The first-order valence-electron chi connectivity index (χ1n) is 9.53. The highest BCUT2D eigenvalue weighted by Gasteiger charge is 2.25. The number of fused-ring (bicyclic) bond motifs is 2. The quantitative estimate of drug-likeness (QED) is 0.437. The molecule has 2 aromatic rings. The van der Waals surface area contributed by atoms with Crippen LogP contribution in [0.1, 0.15) is 35.2 Å². The second kappa shape index (κ2) is 7.90. The molecule has 0 bridgehead atoms. The van der Waals surface area contributed by atoms with E-state index in [0.717, 1.165) is 18.4 Å². The molecule has 29 heavy (non-hydrogen) atoms. The van der Waals surface area contributed by atoms with Crippen molar-refractivity contribution in [1.82, 2.24) is 0 Å². The Bertz CT molecular complexity index is 987. The minimum absolute atomic E-state index is 0.0371. The molecule has 0 unspecified atom stereocenters. The van der Waals surface area contributed by atoms with Gasteiger partial charge in [-0.2, -0.15) is 0 Å². The van der Waals surface area contributed by atoms with Gasteiger partial charge >= 0.3 is 0 Å². The largest absolute Gasteiger partial charge is 0.486 e. The van der Waals surface area contributed by atoms with Crippen molar-refractivity contribution in [3.05, 3.63) is 57.6 Å². The molecule has 0 atom stereocenters. The number of Topliss-reactive ketones (excluding diaryl/α,β-unsaturated/α-hetero) is 1. The van der Waals surface area contributed by atoms with Crippen LogP contribution in [0.4, 0.5) is 11.4 Å². The maximum absolute atomic E-state index is 12.8. The molecule has 2 aliphatic heterocycles. The fraction of sp³-hybridized carbons (Fsp3) is 0.333. The van der Waals surface area contributed by atoms with Crippen LogP contribution in [0.15, 0.2) is 36.4 Å². The van der Waals surface area contributed by atoms with Crippen LogP contribution < -0.4 is 14.4 Å². The Morgan fingerprint density at radius 3 is 2.62 bits per heavy atom. The van der Waals surface area contributed by atoms with Gasteiger partial charge in [-0.3, -0.25) is 19.7 Å². The zero-order valence-electron chi connectivity index (χ0n) is 15.8. The van der Waals surface area contributed by atoms with Crippen LogP contribution in [-0.2, 0) is 11.2 Å². The third-order valence-corrected chi connectivity index (χ3v) is 5.13. The summed E-state index contributed by atoms with van der Waals surface area (Å²) in [5, 5.41) is 11.1. The molecule has 0 fully saturated rings. The van der Waals surface area contributed by atoms with Gasteiger partial charge in [0.15, 0.2) is 17.3 Å². The molecule has 2 aromatic carbocycles. The van der Waals surface area contributed by atoms with E-state index in [9.17, 15) is 19.7 Å². The van der Waals surface area contributed by atoms with Gasteiger partial charge in [0.25, 0.3) is 5.69 Å². The van der Waals surface area contributed by atoms with Gasteiger partial charge in [-0.1, -0.05) is 6.07 Å². The third-order valence-electron chi connectivity index (χ3n) is 5.13. The molecule has 8 nitrogen and oxygen atoms in total. The number of ketones is 1. The van der Waals surface area contributed by atoms with Gasteiger partial charge in [0.1, 0.15) is 13.2 Å². The summed E-state index contributed by atoms with van der Waals surface area (Å²) in [6.45, 7) is 1.40. The number of nitro benzene ring substituents is 1. The molecule has 0 saturated carbocycles. The topological polar surface area (TPSA) is 99.0 Å². The Kier molecular flexibility index (Phi) is 5.16. The molecule has 8 heteroatoms. The SMILES string of the molecule is O=C(CCC(=O)N1CCCc2ccc([N+](=O)[O-])cc21)c1ccc2c(c1)OCCO2. The van der Waals surface area contributed by atoms with Crippen LogP contribution in [0.3, 0.4) is 0 Å². The zero-order valence-corrected chi connectivity index (χ0v) is 15.8. The van der Waals surface area contributed by atoms with E-state index >= 15 is 0 Å². The number of hydrogen-bond donors (Lipinski definition) is 0. The number of amides is 1. The zero-order chi connectivity index (χ0) is 20.4. The summed E-state index contributed by atoms with van der Waals surface area (Å²) in [4.78, 5) is 37.5. The summed E-state index contributed by atoms with van der Waals surface area (Å²) in [5.74, 6) is 0.769. The van der Waals surface area contributed by atoms with E-state index in [1.54, 1.807) is 29.2 Å².